The van der Waals surface area contributed by atoms with E-state index in [1.165, 1.54) is 23.1 Å². The Hall–Kier alpha value is -2.23. The normalized spacial score (nSPS) is 19.0. The predicted molar refractivity (Wildman–Crippen MR) is 70.4 cm³/mol. The number of halogens is 3. The molecule has 0 saturated carbocycles. The Kier molecular flexibility index (Phi) is 4.36. The molecule has 1 aromatic carbocycles. The van der Waals surface area contributed by atoms with Crippen molar-refractivity contribution in [2.24, 2.45) is 5.92 Å². The number of nitriles is 1. The van der Waals surface area contributed by atoms with Crippen LogP contribution in [-0.4, -0.2) is 24.0 Å². The monoisotopic (exact) mass is 297 g/mol. The molecule has 4 nitrogen and oxygen atoms in total. The highest BCUT2D eigenvalue weighted by Crippen LogP contribution is 2.34. The third kappa shape index (κ3) is 3.66. The molecule has 1 fully saturated rings. The van der Waals surface area contributed by atoms with Gasteiger partial charge in [0.15, 0.2) is 0 Å². The largest absolute Gasteiger partial charge is 0.418 e. The van der Waals surface area contributed by atoms with Crippen LogP contribution in [0.15, 0.2) is 24.3 Å². The summed E-state index contributed by atoms with van der Waals surface area (Å²) in [4.78, 5) is 13.4. The summed E-state index contributed by atoms with van der Waals surface area (Å²) in [7, 11) is 0. The summed E-state index contributed by atoms with van der Waals surface area (Å²) in [6, 6.07) is 6.32. The van der Waals surface area contributed by atoms with Gasteiger partial charge < -0.3 is 10.2 Å². The number of para-hydroxylation sites is 1. The van der Waals surface area contributed by atoms with E-state index >= 15 is 0 Å². The number of anilines is 1. The lowest BCUT2D eigenvalue weighted by atomic mass is 10.0. The molecule has 1 unspecified atom stereocenters. The van der Waals surface area contributed by atoms with E-state index in [1.54, 1.807) is 0 Å². The first-order valence-corrected chi connectivity index (χ1v) is 6.53. The molecule has 1 heterocycles. The molecule has 112 valence electrons. The zero-order valence-electron chi connectivity index (χ0n) is 11.2. The third-order valence-corrected chi connectivity index (χ3v) is 3.37. The quantitative estimate of drug-likeness (QED) is 0.863. The van der Waals surface area contributed by atoms with Gasteiger partial charge in [0.05, 0.1) is 23.2 Å². The number of nitrogens with zero attached hydrogens (tertiary/aromatic N) is 2. The standard InChI is InChI=1S/C14H14F3N3O/c15-14(16,17)11-5-1-2-6-12(11)19-13(21)20-7-3-4-10(8-18)9-20/h1-2,5-6,10H,3-4,7,9H2,(H,19,21). The fourth-order valence-corrected chi connectivity index (χ4v) is 2.30. The summed E-state index contributed by atoms with van der Waals surface area (Å²) in [6.07, 6.45) is -3.15. The van der Waals surface area contributed by atoms with Crippen molar-refractivity contribution < 1.29 is 18.0 Å². The van der Waals surface area contributed by atoms with Gasteiger partial charge in [0.2, 0.25) is 0 Å². The molecule has 21 heavy (non-hydrogen) atoms. The Morgan fingerprint density at radius 1 is 1.38 bits per heavy atom. The van der Waals surface area contributed by atoms with Crippen molar-refractivity contribution in [3.05, 3.63) is 29.8 Å². The highest BCUT2D eigenvalue weighted by molar-refractivity contribution is 5.90. The second-order valence-electron chi connectivity index (χ2n) is 4.89. The van der Waals surface area contributed by atoms with Gasteiger partial charge in [-0.15, -0.1) is 0 Å². The van der Waals surface area contributed by atoms with Gasteiger partial charge in [0.25, 0.3) is 0 Å². The molecule has 1 aliphatic heterocycles. The summed E-state index contributed by atoms with van der Waals surface area (Å²) >= 11 is 0. The van der Waals surface area contributed by atoms with E-state index in [1.807, 2.05) is 0 Å². The van der Waals surface area contributed by atoms with Crippen molar-refractivity contribution in [3.63, 3.8) is 0 Å². The maximum atomic E-state index is 12.8. The number of amides is 2. The number of carbonyl (C=O) groups excluding carboxylic acids is 1. The van der Waals surface area contributed by atoms with Crippen LogP contribution in [0.5, 0.6) is 0 Å². The van der Waals surface area contributed by atoms with Crippen LogP contribution < -0.4 is 5.32 Å². The second kappa shape index (κ2) is 6.04. The number of hydrogen-bond donors (Lipinski definition) is 1. The summed E-state index contributed by atoms with van der Waals surface area (Å²) < 4.78 is 38.5. The van der Waals surface area contributed by atoms with E-state index in [2.05, 4.69) is 11.4 Å². The lowest BCUT2D eigenvalue weighted by Gasteiger charge is -2.30. The van der Waals surface area contributed by atoms with Gasteiger partial charge >= 0.3 is 12.2 Å². The van der Waals surface area contributed by atoms with Crippen molar-refractivity contribution in [1.29, 1.82) is 5.26 Å². The molecule has 2 amide bonds. The maximum Gasteiger partial charge on any atom is 0.418 e. The van der Waals surface area contributed by atoms with Crippen molar-refractivity contribution in [3.8, 4) is 6.07 Å². The lowest BCUT2D eigenvalue weighted by molar-refractivity contribution is -0.136. The molecule has 1 saturated heterocycles. The molecular formula is C14H14F3N3O. The number of piperidine rings is 1. The van der Waals surface area contributed by atoms with E-state index in [-0.39, 0.29) is 18.2 Å². The Bertz CT molecular complexity index is 565. The van der Waals surface area contributed by atoms with Gasteiger partial charge in [-0.2, -0.15) is 18.4 Å². The van der Waals surface area contributed by atoms with E-state index in [4.69, 9.17) is 5.26 Å². The van der Waals surface area contributed by atoms with Crippen molar-refractivity contribution in [2.75, 3.05) is 18.4 Å². The molecule has 0 aliphatic carbocycles. The van der Waals surface area contributed by atoms with Crippen LogP contribution in [-0.2, 0) is 6.18 Å². The number of carbonyl (C=O) groups is 1. The first-order valence-electron chi connectivity index (χ1n) is 6.53. The minimum Gasteiger partial charge on any atom is -0.323 e. The smallest absolute Gasteiger partial charge is 0.323 e. The Morgan fingerprint density at radius 2 is 2.10 bits per heavy atom. The number of alkyl halides is 3. The van der Waals surface area contributed by atoms with Gasteiger partial charge in [-0.05, 0) is 25.0 Å². The number of benzene rings is 1. The molecule has 7 heteroatoms. The van der Waals surface area contributed by atoms with Crippen LogP contribution >= 0.6 is 0 Å². The van der Waals surface area contributed by atoms with Gasteiger partial charge in [-0.25, -0.2) is 4.79 Å². The summed E-state index contributed by atoms with van der Waals surface area (Å²) in [5, 5.41) is 11.2. The average Bonchev–Trinajstić information content (AvgIpc) is 2.46. The van der Waals surface area contributed by atoms with Crippen LogP contribution in [0.3, 0.4) is 0 Å². The number of likely N-dealkylation sites (tertiary alicyclic amines) is 1. The van der Waals surface area contributed by atoms with E-state index in [0.717, 1.165) is 6.07 Å². The summed E-state index contributed by atoms with van der Waals surface area (Å²) in [5.41, 5.74) is -1.15. The molecule has 1 aliphatic rings. The first kappa shape index (κ1) is 15.2. The highest BCUT2D eigenvalue weighted by Gasteiger charge is 2.34. The van der Waals surface area contributed by atoms with E-state index in [9.17, 15) is 18.0 Å². The molecule has 0 radical (unpaired) electrons. The second-order valence-corrected chi connectivity index (χ2v) is 4.89. The Labute approximate surface area is 120 Å². The number of nitrogens with one attached hydrogen (secondary N) is 1. The summed E-state index contributed by atoms with van der Waals surface area (Å²) in [5.74, 6) is -0.262. The Morgan fingerprint density at radius 3 is 2.76 bits per heavy atom. The molecule has 0 bridgehead atoms. The molecular weight excluding hydrogens is 283 g/mol. The fourth-order valence-electron chi connectivity index (χ4n) is 2.30. The van der Waals surface area contributed by atoms with Gasteiger partial charge in [0.1, 0.15) is 0 Å². The molecule has 1 N–H and O–H groups in total. The molecule has 1 aromatic rings. The Balaban J connectivity index is 2.12. The molecule has 0 spiro atoms. The van der Waals surface area contributed by atoms with Crippen molar-refractivity contribution in [2.45, 2.75) is 19.0 Å². The van der Waals surface area contributed by atoms with Crippen LogP contribution in [0.4, 0.5) is 23.7 Å². The zero-order chi connectivity index (χ0) is 15.5. The number of hydrogen-bond acceptors (Lipinski definition) is 2. The minimum absolute atomic E-state index is 0.247. The highest BCUT2D eigenvalue weighted by atomic mass is 19.4. The SMILES string of the molecule is N#CC1CCCN(C(=O)Nc2ccccc2C(F)(F)F)C1. The number of rotatable bonds is 1. The fraction of sp³-hybridized carbons (Fsp3) is 0.429. The van der Waals surface area contributed by atoms with Crippen LogP contribution in [0.1, 0.15) is 18.4 Å². The van der Waals surface area contributed by atoms with Crippen molar-refractivity contribution in [1.82, 2.24) is 4.90 Å². The van der Waals surface area contributed by atoms with E-state index < -0.39 is 17.8 Å². The van der Waals surface area contributed by atoms with Gasteiger partial charge in [-0.3, -0.25) is 0 Å². The van der Waals surface area contributed by atoms with Crippen LogP contribution in [0.25, 0.3) is 0 Å². The van der Waals surface area contributed by atoms with E-state index in [0.29, 0.717) is 19.4 Å². The molecule has 0 aromatic heterocycles. The number of urea groups is 1. The maximum absolute atomic E-state index is 12.8. The predicted octanol–water partition coefficient (Wildman–Crippen LogP) is 3.47. The van der Waals surface area contributed by atoms with Gasteiger partial charge in [0, 0.05) is 13.1 Å². The average molecular weight is 297 g/mol. The molecule has 2 rings (SSSR count). The van der Waals surface area contributed by atoms with Crippen LogP contribution in [0, 0.1) is 17.2 Å². The zero-order valence-corrected chi connectivity index (χ0v) is 11.2. The van der Waals surface area contributed by atoms with Gasteiger partial charge in [-0.1, -0.05) is 12.1 Å². The first-order chi connectivity index (χ1) is 9.91. The minimum atomic E-state index is -4.53. The summed E-state index contributed by atoms with van der Waals surface area (Å²) in [6.45, 7) is 0.689. The molecule has 1 atom stereocenters. The lowest BCUT2D eigenvalue weighted by Crippen LogP contribution is -2.42. The third-order valence-electron chi connectivity index (χ3n) is 3.37. The van der Waals surface area contributed by atoms with Crippen LogP contribution in [0.2, 0.25) is 0 Å². The topological polar surface area (TPSA) is 56.1 Å². The van der Waals surface area contributed by atoms with Crippen molar-refractivity contribution >= 4 is 11.7 Å².